The second kappa shape index (κ2) is 8.74. The molecule has 3 amide bonds. The maximum atomic E-state index is 13.5. The molecule has 8 nitrogen and oxygen atoms in total. The Morgan fingerprint density at radius 2 is 1.97 bits per heavy atom. The molecule has 6 atom stereocenters. The number of aliphatic hydroxyl groups excluding tert-OH is 1. The van der Waals surface area contributed by atoms with Crippen LogP contribution in [0.2, 0.25) is 0 Å². The topological polar surface area (TPSA) is 108 Å². The second-order valence-electron chi connectivity index (χ2n) is 9.08. The van der Waals surface area contributed by atoms with Crippen LogP contribution in [0.3, 0.4) is 0 Å². The molecule has 3 heterocycles. The minimum atomic E-state index is -0.981. The smallest absolute Gasteiger partial charge is 0.246 e. The van der Waals surface area contributed by atoms with Crippen molar-refractivity contribution in [3.8, 4) is 0 Å². The molecule has 3 aliphatic heterocycles. The molecule has 0 aromatic heterocycles. The first-order valence-corrected chi connectivity index (χ1v) is 12.1. The van der Waals surface area contributed by atoms with Gasteiger partial charge in [-0.25, -0.2) is 0 Å². The maximum absolute atomic E-state index is 13.5. The third-order valence-corrected chi connectivity index (χ3v) is 8.19. The van der Waals surface area contributed by atoms with E-state index >= 15 is 0 Å². The number of nitrogens with one attached hydrogen (secondary N) is 2. The second-order valence-corrected chi connectivity index (χ2v) is 10.3. The zero-order valence-electron chi connectivity index (χ0n) is 17.4. The van der Waals surface area contributed by atoms with Crippen LogP contribution in [-0.2, 0) is 19.1 Å². The van der Waals surface area contributed by atoms with Crippen molar-refractivity contribution in [1.29, 1.82) is 0 Å². The first kappa shape index (κ1) is 22.0. The van der Waals surface area contributed by atoms with Crippen LogP contribution >= 0.6 is 15.9 Å². The van der Waals surface area contributed by atoms with Crippen molar-refractivity contribution in [2.45, 2.75) is 80.0 Å². The molecule has 1 saturated carbocycles. The van der Waals surface area contributed by atoms with Crippen LogP contribution in [0.1, 0.15) is 51.4 Å². The number of carbonyl (C=O) groups excluding carboxylic acids is 3. The molecule has 0 aromatic carbocycles. The highest BCUT2D eigenvalue weighted by atomic mass is 79.9. The lowest BCUT2D eigenvalue weighted by Gasteiger charge is -2.35. The third-order valence-electron chi connectivity index (χ3n) is 7.35. The monoisotopic (exact) mass is 485 g/mol. The SMILES string of the molecule is CNC(=O)[C@H]1[C@H]2C(=O)N(CCCCO)C(C(=O)NC3CCCCC3)C23CC(Br)[C@@H]1O3. The van der Waals surface area contributed by atoms with E-state index in [1.807, 2.05) is 0 Å². The molecule has 4 aliphatic rings. The van der Waals surface area contributed by atoms with E-state index in [9.17, 15) is 19.5 Å². The van der Waals surface area contributed by atoms with Gasteiger partial charge >= 0.3 is 0 Å². The van der Waals surface area contributed by atoms with Gasteiger partial charge in [-0.2, -0.15) is 0 Å². The lowest BCUT2D eigenvalue weighted by Crippen LogP contribution is -2.57. The Morgan fingerprint density at radius 3 is 2.63 bits per heavy atom. The van der Waals surface area contributed by atoms with Crippen LogP contribution in [0.15, 0.2) is 0 Å². The van der Waals surface area contributed by atoms with Crippen LogP contribution in [0.4, 0.5) is 0 Å². The van der Waals surface area contributed by atoms with Gasteiger partial charge in [-0.1, -0.05) is 35.2 Å². The average molecular weight is 486 g/mol. The summed E-state index contributed by atoms with van der Waals surface area (Å²) >= 11 is 3.64. The molecule has 1 aliphatic carbocycles. The van der Waals surface area contributed by atoms with Gasteiger partial charge in [0, 0.05) is 31.1 Å². The van der Waals surface area contributed by atoms with E-state index in [2.05, 4.69) is 26.6 Å². The molecule has 30 heavy (non-hydrogen) atoms. The Balaban J connectivity index is 1.64. The quantitative estimate of drug-likeness (QED) is 0.363. The molecule has 0 aromatic rings. The number of rotatable bonds is 7. The molecule has 2 bridgehead atoms. The summed E-state index contributed by atoms with van der Waals surface area (Å²) in [6.45, 7) is 0.417. The number of amides is 3. The number of halogens is 1. The highest BCUT2D eigenvalue weighted by molar-refractivity contribution is 9.09. The fourth-order valence-corrected chi connectivity index (χ4v) is 7.00. The highest BCUT2D eigenvalue weighted by Gasteiger charge is 2.76. The van der Waals surface area contributed by atoms with Crippen LogP contribution < -0.4 is 10.6 Å². The van der Waals surface area contributed by atoms with E-state index in [0.29, 0.717) is 25.8 Å². The maximum Gasteiger partial charge on any atom is 0.246 e. The van der Waals surface area contributed by atoms with Crippen LogP contribution in [0.5, 0.6) is 0 Å². The molecule has 4 rings (SSSR count). The van der Waals surface area contributed by atoms with Gasteiger partial charge in [-0.15, -0.1) is 0 Å². The Hall–Kier alpha value is -1.19. The molecule has 4 fully saturated rings. The lowest BCUT2D eigenvalue weighted by atomic mass is 9.70. The number of carbonyl (C=O) groups is 3. The van der Waals surface area contributed by atoms with Crippen LogP contribution in [0, 0.1) is 11.8 Å². The number of unbranched alkanes of at least 4 members (excludes halogenated alkanes) is 1. The Bertz CT molecular complexity index is 700. The number of likely N-dealkylation sites (tertiary alicyclic amines) is 1. The number of hydrogen-bond acceptors (Lipinski definition) is 5. The van der Waals surface area contributed by atoms with Gasteiger partial charge in [0.2, 0.25) is 17.7 Å². The van der Waals surface area contributed by atoms with Crippen LogP contribution in [-0.4, -0.2) is 76.5 Å². The predicted molar refractivity (Wildman–Crippen MR) is 113 cm³/mol. The summed E-state index contributed by atoms with van der Waals surface area (Å²) in [5.74, 6) is -1.80. The number of nitrogens with zero attached hydrogens (tertiary/aromatic N) is 1. The summed E-state index contributed by atoms with van der Waals surface area (Å²) in [6.07, 6.45) is 6.58. The Morgan fingerprint density at radius 1 is 1.23 bits per heavy atom. The largest absolute Gasteiger partial charge is 0.396 e. The summed E-state index contributed by atoms with van der Waals surface area (Å²) < 4.78 is 6.38. The molecule has 0 radical (unpaired) electrons. The standard InChI is InChI=1S/C21H32BrN3O5/c1-23-18(27)14-15-20(29)25(9-5-6-10-26)17(21(15)11-13(22)16(14)30-21)19(28)24-12-7-3-2-4-8-12/h12-17,26H,2-11H2,1H3,(H,23,27)(H,24,28)/t13?,14-,15-,16-,17?,21?/m0/s1. The van der Waals surface area contributed by atoms with Gasteiger partial charge in [0.25, 0.3) is 0 Å². The van der Waals surface area contributed by atoms with Gasteiger partial charge in [-0.3, -0.25) is 14.4 Å². The number of hydrogen-bond donors (Lipinski definition) is 3. The summed E-state index contributed by atoms with van der Waals surface area (Å²) in [7, 11) is 1.57. The summed E-state index contributed by atoms with van der Waals surface area (Å²) in [5.41, 5.74) is -0.981. The van der Waals surface area contributed by atoms with Crippen LogP contribution in [0.25, 0.3) is 0 Å². The van der Waals surface area contributed by atoms with E-state index in [0.717, 1.165) is 25.7 Å². The van der Waals surface area contributed by atoms with Crippen molar-refractivity contribution in [3.63, 3.8) is 0 Å². The van der Waals surface area contributed by atoms with Crippen molar-refractivity contribution in [1.82, 2.24) is 15.5 Å². The van der Waals surface area contributed by atoms with E-state index in [4.69, 9.17) is 4.74 Å². The summed E-state index contributed by atoms with van der Waals surface area (Å²) in [6, 6.07) is -0.612. The molecule has 3 unspecified atom stereocenters. The first-order valence-electron chi connectivity index (χ1n) is 11.2. The number of ether oxygens (including phenoxy) is 1. The third kappa shape index (κ3) is 3.46. The molecule has 168 valence electrons. The van der Waals surface area contributed by atoms with E-state index in [1.54, 1.807) is 11.9 Å². The normalized spacial score (nSPS) is 38.0. The van der Waals surface area contributed by atoms with Crippen molar-refractivity contribution < 1.29 is 24.2 Å². The fraction of sp³-hybridized carbons (Fsp3) is 0.857. The zero-order valence-corrected chi connectivity index (χ0v) is 19.0. The summed E-state index contributed by atoms with van der Waals surface area (Å²) in [4.78, 5) is 41.3. The zero-order chi connectivity index (χ0) is 21.5. The van der Waals surface area contributed by atoms with Crippen molar-refractivity contribution >= 4 is 33.7 Å². The number of fused-ring (bicyclic) bond motifs is 1. The molecular formula is C21H32BrN3O5. The van der Waals surface area contributed by atoms with Gasteiger partial charge in [0.1, 0.15) is 11.6 Å². The summed E-state index contributed by atoms with van der Waals surface area (Å²) in [5, 5.41) is 15.0. The van der Waals surface area contributed by atoms with E-state index in [1.165, 1.54) is 6.42 Å². The van der Waals surface area contributed by atoms with E-state index < -0.39 is 29.6 Å². The van der Waals surface area contributed by atoms with Gasteiger partial charge in [-0.05, 0) is 32.1 Å². The average Bonchev–Trinajstić information content (AvgIpc) is 3.32. The van der Waals surface area contributed by atoms with Gasteiger partial charge in [0.05, 0.1) is 17.9 Å². The number of alkyl halides is 1. The lowest BCUT2D eigenvalue weighted by molar-refractivity contribution is -0.142. The molecule has 1 spiro atoms. The minimum Gasteiger partial charge on any atom is -0.396 e. The Labute approximate surface area is 185 Å². The van der Waals surface area contributed by atoms with E-state index in [-0.39, 0.29) is 35.2 Å². The molecule has 9 heteroatoms. The fourth-order valence-electron chi connectivity index (χ4n) is 6.06. The van der Waals surface area contributed by atoms with Crippen molar-refractivity contribution in [2.75, 3.05) is 20.2 Å². The molecule has 3 saturated heterocycles. The van der Waals surface area contributed by atoms with Crippen molar-refractivity contribution in [2.24, 2.45) is 11.8 Å². The Kier molecular flexibility index (Phi) is 6.42. The first-order chi connectivity index (χ1) is 14.4. The highest BCUT2D eigenvalue weighted by Crippen LogP contribution is 2.60. The number of aliphatic hydroxyl groups is 1. The van der Waals surface area contributed by atoms with Gasteiger partial charge < -0.3 is 25.4 Å². The molecule has 3 N–H and O–H groups in total. The van der Waals surface area contributed by atoms with Gasteiger partial charge in [0.15, 0.2) is 0 Å². The molecular weight excluding hydrogens is 454 g/mol. The van der Waals surface area contributed by atoms with Crippen molar-refractivity contribution in [3.05, 3.63) is 0 Å². The predicted octanol–water partition coefficient (Wildman–Crippen LogP) is 0.702. The minimum absolute atomic E-state index is 0.0401.